The maximum Gasteiger partial charge on any atom is 0.382 e. The zero-order valence-electron chi connectivity index (χ0n) is 23.6. The summed E-state index contributed by atoms with van der Waals surface area (Å²) in [6.45, 7) is 1.34. The van der Waals surface area contributed by atoms with Gasteiger partial charge in [-0.05, 0) is 48.4 Å². The molecular formula is C33H26F2N4O5. The van der Waals surface area contributed by atoms with Gasteiger partial charge in [0.15, 0.2) is 5.58 Å². The minimum Gasteiger partial charge on any atom is -0.473 e. The summed E-state index contributed by atoms with van der Waals surface area (Å²) >= 11 is 0. The number of carbonyl (C=O) groups excluding carboxylic acids is 1. The van der Waals surface area contributed by atoms with Crippen molar-refractivity contribution in [2.75, 3.05) is 13.7 Å². The number of hydrogen-bond acceptors (Lipinski definition) is 8. The Hall–Kier alpha value is -5.16. The highest BCUT2D eigenvalue weighted by atomic mass is 19.1. The lowest BCUT2D eigenvalue weighted by Crippen LogP contribution is -2.31. The maximum atomic E-state index is 15.6. The second-order valence-electron chi connectivity index (χ2n) is 10.5. The van der Waals surface area contributed by atoms with Crippen molar-refractivity contribution in [1.82, 2.24) is 19.5 Å². The van der Waals surface area contributed by atoms with E-state index in [4.69, 9.17) is 23.6 Å². The highest BCUT2D eigenvalue weighted by Crippen LogP contribution is 2.28. The fraction of sp³-hybridized carbons (Fsp3) is 0.212. The van der Waals surface area contributed by atoms with Gasteiger partial charge in [-0.1, -0.05) is 30.3 Å². The predicted octanol–water partition coefficient (Wildman–Crippen LogP) is 6.26. The first-order chi connectivity index (χ1) is 21.4. The summed E-state index contributed by atoms with van der Waals surface area (Å²) in [5.74, 6) is 0.151. The van der Waals surface area contributed by atoms with Gasteiger partial charge in [-0.15, -0.1) is 4.39 Å². The van der Waals surface area contributed by atoms with Gasteiger partial charge < -0.3 is 23.2 Å². The molecule has 1 aliphatic heterocycles. The summed E-state index contributed by atoms with van der Waals surface area (Å²) in [6.07, 6.45) is 0.287. The van der Waals surface area contributed by atoms with Crippen LogP contribution in [0.1, 0.15) is 33.7 Å². The van der Waals surface area contributed by atoms with E-state index in [1.54, 1.807) is 66.7 Å². The van der Waals surface area contributed by atoms with Crippen LogP contribution in [0.2, 0.25) is 0 Å². The minimum atomic E-state index is -0.907. The summed E-state index contributed by atoms with van der Waals surface area (Å²) in [4.78, 5) is 25.2. The number of esters is 1. The fourth-order valence-electron chi connectivity index (χ4n) is 5.31. The molecule has 1 aliphatic rings. The number of aromatic nitrogens is 4. The number of methoxy groups -OCH3 is 1. The van der Waals surface area contributed by atoms with Crippen LogP contribution in [0.15, 0.2) is 77.2 Å². The molecule has 0 radical (unpaired) electrons. The number of imidazole rings is 1. The number of carbonyl (C=O) groups is 1. The van der Waals surface area contributed by atoms with Gasteiger partial charge in [-0.3, -0.25) is 0 Å². The van der Waals surface area contributed by atoms with Crippen LogP contribution in [-0.4, -0.2) is 45.3 Å². The quantitative estimate of drug-likeness (QED) is 0.180. The molecule has 44 heavy (non-hydrogen) atoms. The maximum absolute atomic E-state index is 15.6. The summed E-state index contributed by atoms with van der Waals surface area (Å²) in [6, 6.07) is 20.6. The Morgan fingerprint density at radius 3 is 2.64 bits per heavy atom. The van der Waals surface area contributed by atoms with Crippen molar-refractivity contribution in [2.24, 2.45) is 0 Å². The van der Waals surface area contributed by atoms with E-state index in [9.17, 15) is 9.18 Å². The molecule has 0 amide bonds. The van der Waals surface area contributed by atoms with Crippen LogP contribution in [-0.2, 0) is 29.0 Å². The third-order valence-corrected chi connectivity index (χ3v) is 7.69. The van der Waals surface area contributed by atoms with E-state index in [-0.39, 0.29) is 19.1 Å². The highest BCUT2D eigenvalue weighted by Gasteiger charge is 2.23. The SMILES string of the molecule is COC(=O)c1ccc2nc(Cc3ccc(-c4cccc(OCc5cccc6nc(F)oc56)n4)cc3F)n(C[C@@H]3CCO3)c2c1. The highest BCUT2D eigenvalue weighted by molar-refractivity contribution is 5.93. The minimum absolute atomic E-state index is 0.0329. The number of benzene rings is 3. The summed E-state index contributed by atoms with van der Waals surface area (Å²) in [5.41, 5.74) is 4.80. The van der Waals surface area contributed by atoms with Crippen LogP contribution < -0.4 is 4.74 Å². The largest absolute Gasteiger partial charge is 0.473 e. The van der Waals surface area contributed by atoms with Crippen LogP contribution in [0.5, 0.6) is 5.88 Å². The number of pyridine rings is 1. The van der Waals surface area contributed by atoms with Crippen molar-refractivity contribution >= 4 is 28.1 Å². The molecule has 11 heteroatoms. The smallest absolute Gasteiger partial charge is 0.382 e. The third kappa shape index (κ3) is 5.37. The Kier molecular flexibility index (Phi) is 7.23. The van der Waals surface area contributed by atoms with Crippen molar-refractivity contribution in [1.29, 1.82) is 0 Å². The number of halogens is 2. The van der Waals surface area contributed by atoms with E-state index in [0.717, 1.165) is 11.9 Å². The number of ether oxygens (including phenoxy) is 3. The van der Waals surface area contributed by atoms with E-state index < -0.39 is 17.9 Å². The molecule has 9 nitrogen and oxygen atoms in total. The Morgan fingerprint density at radius 2 is 1.84 bits per heavy atom. The lowest BCUT2D eigenvalue weighted by atomic mass is 10.1. The zero-order chi connectivity index (χ0) is 30.2. The molecule has 4 heterocycles. The lowest BCUT2D eigenvalue weighted by Gasteiger charge is -2.27. The topological polar surface area (TPSA) is 102 Å². The summed E-state index contributed by atoms with van der Waals surface area (Å²) in [7, 11) is 1.34. The molecule has 222 valence electrons. The zero-order valence-corrected chi connectivity index (χ0v) is 23.6. The Balaban J connectivity index is 1.12. The number of oxazole rings is 1. The number of rotatable bonds is 9. The van der Waals surface area contributed by atoms with Crippen molar-refractivity contribution in [2.45, 2.75) is 32.1 Å². The average Bonchev–Trinajstić information content (AvgIpc) is 3.57. The average molecular weight is 597 g/mol. The third-order valence-electron chi connectivity index (χ3n) is 7.69. The van der Waals surface area contributed by atoms with Gasteiger partial charge in [-0.25, -0.2) is 19.2 Å². The molecule has 0 unspecified atom stereocenters. The molecule has 1 atom stereocenters. The van der Waals surface area contributed by atoms with Gasteiger partial charge in [0.05, 0.1) is 42.0 Å². The molecule has 0 aliphatic carbocycles. The first kappa shape index (κ1) is 27.7. The molecule has 1 saturated heterocycles. The van der Waals surface area contributed by atoms with Gasteiger partial charge in [0.2, 0.25) is 5.88 Å². The van der Waals surface area contributed by atoms with E-state index in [2.05, 4.69) is 9.97 Å². The number of para-hydroxylation sites is 1. The van der Waals surface area contributed by atoms with Crippen molar-refractivity contribution in [3.63, 3.8) is 0 Å². The molecule has 0 saturated carbocycles. The molecule has 0 bridgehead atoms. The Labute approximate surface area is 250 Å². The van der Waals surface area contributed by atoms with Crippen molar-refractivity contribution < 1.29 is 32.2 Å². The fourth-order valence-corrected chi connectivity index (χ4v) is 5.31. The lowest BCUT2D eigenvalue weighted by molar-refractivity contribution is -0.0589. The first-order valence-corrected chi connectivity index (χ1v) is 14.1. The van der Waals surface area contributed by atoms with E-state index in [1.165, 1.54) is 13.2 Å². The molecule has 7 rings (SSSR count). The van der Waals surface area contributed by atoms with Gasteiger partial charge >= 0.3 is 12.1 Å². The van der Waals surface area contributed by atoms with E-state index in [1.807, 2.05) is 4.57 Å². The Morgan fingerprint density at radius 1 is 0.977 bits per heavy atom. The predicted molar refractivity (Wildman–Crippen MR) is 156 cm³/mol. The van der Waals surface area contributed by atoms with Gasteiger partial charge in [0, 0.05) is 30.2 Å². The standard InChI is InChI=1S/C33H26F2N4O5/c1-41-32(40)21-10-11-26-28(15-21)39(17-23-12-13-42-23)29(36-26)16-19-8-9-20(14-24(19)34)25-5-3-7-30(37-25)43-18-22-4-2-6-27-31(22)44-33(35)38-27/h2-11,14-15,23H,12-13,16-18H2,1H3/t23-/m0/s1. The molecule has 3 aromatic carbocycles. The summed E-state index contributed by atoms with van der Waals surface area (Å²) < 4.78 is 52.5. The molecule has 0 N–H and O–H groups in total. The van der Waals surface area contributed by atoms with Crippen LogP contribution >= 0.6 is 0 Å². The van der Waals surface area contributed by atoms with E-state index in [0.29, 0.717) is 69.4 Å². The van der Waals surface area contributed by atoms with Gasteiger partial charge in [0.1, 0.15) is 23.8 Å². The van der Waals surface area contributed by atoms with E-state index >= 15 is 4.39 Å². The number of fused-ring (bicyclic) bond motifs is 2. The van der Waals surface area contributed by atoms with Crippen molar-refractivity contribution in [3.05, 3.63) is 107 Å². The molecular weight excluding hydrogens is 570 g/mol. The normalized spacial score (nSPS) is 14.6. The first-order valence-electron chi connectivity index (χ1n) is 14.1. The number of hydrogen-bond donors (Lipinski definition) is 0. The Bertz CT molecular complexity index is 2020. The van der Waals surface area contributed by atoms with Gasteiger partial charge in [-0.2, -0.15) is 4.98 Å². The monoisotopic (exact) mass is 596 g/mol. The molecule has 1 fully saturated rings. The van der Waals surface area contributed by atoms with Crippen LogP contribution in [0.4, 0.5) is 8.78 Å². The molecule has 0 spiro atoms. The molecule has 3 aromatic heterocycles. The van der Waals surface area contributed by atoms with Crippen LogP contribution in [0.3, 0.4) is 0 Å². The summed E-state index contributed by atoms with van der Waals surface area (Å²) in [5, 5.41) is 0. The van der Waals surface area contributed by atoms with Gasteiger partial charge in [0.25, 0.3) is 0 Å². The van der Waals surface area contributed by atoms with Crippen LogP contribution in [0, 0.1) is 12.0 Å². The second kappa shape index (κ2) is 11.5. The van der Waals surface area contributed by atoms with Crippen LogP contribution in [0.25, 0.3) is 33.4 Å². The molecule has 6 aromatic rings. The number of nitrogens with zero attached hydrogens (tertiary/aromatic N) is 4. The second-order valence-corrected chi connectivity index (χ2v) is 10.5. The van der Waals surface area contributed by atoms with Crippen molar-refractivity contribution in [3.8, 4) is 17.1 Å².